The number of esters is 1. The lowest BCUT2D eigenvalue weighted by Gasteiger charge is -2.32. The number of carbonyl (C=O) groups is 3. The van der Waals surface area contributed by atoms with Crippen LogP contribution < -0.4 is 10.6 Å². The summed E-state index contributed by atoms with van der Waals surface area (Å²) in [5.41, 5.74) is 6.54. The molecule has 0 radical (unpaired) electrons. The number of fused-ring (bicyclic) bond motifs is 2. The average Bonchev–Trinajstić information content (AvgIpc) is 3.16. The second kappa shape index (κ2) is 11.3. The summed E-state index contributed by atoms with van der Waals surface area (Å²) in [5.74, 6) is -0.0957. The minimum atomic E-state index is -0.398. The van der Waals surface area contributed by atoms with E-state index in [4.69, 9.17) is 4.74 Å². The zero-order chi connectivity index (χ0) is 28.3. The maximum atomic E-state index is 13.4. The third-order valence-electron chi connectivity index (χ3n) is 7.96. The molecule has 0 aliphatic carbocycles. The number of benzene rings is 4. The minimum Gasteiger partial charge on any atom is -0.465 e. The van der Waals surface area contributed by atoms with Crippen LogP contribution in [0.4, 0.5) is 17.1 Å². The Bertz CT molecular complexity index is 1610. The van der Waals surface area contributed by atoms with Gasteiger partial charge >= 0.3 is 5.97 Å². The van der Waals surface area contributed by atoms with E-state index < -0.39 is 5.97 Å². The number of hydrogen-bond acceptors (Lipinski definition) is 5. The number of likely N-dealkylation sites (tertiary alicyclic amines) is 1. The summed E-state index contributed by atoms with van der Waals surface area (Å²) in [5, 5.41) is 6.34. The van der Waals surface area contributed by atoms with Crippen LogP contribution in [0.1, 0.15) is 49.5 Å². The summed E-state index contributed by atoms with van der Waals surface area (Å²) in [6.07, 6.45) is 3.00. The van der Waals surface area contributed by atoms with E-state index in [1.165, 1.54) is 12.7 Å². The van der Waals surface area contributed by atoms with Gasteiger partial charge in [0, 0.05) is 18.7 Å². The lowest BCUT2D eigenvalue weighted by Crippen LogP contribution is -2.38. The molecule has 206 valence electrons. The van der Waals surface area contributed by atoms with Gasteiger partial charge in [-0.3, -0.25) is 9.59 Å². The smallest absolute Gasteiger partial charge is 0.337 e. The summed E-state index contributed by atoms with van der Waals surface area (Å²) >= 11 is 0. The van der Waals surface area contributed by atoms with Crippen molar-refractivity contribution in [1.29, 1.82) is 0 Å². The van der Waals surface area contributed by atoms with Crippen molar-refractivity contribution < 1.29 is 19.1 Å². The van der Waals surface area contributed by atoms with Crippen molar-refractivity contribution in [3.63, 3.8) is 0 Å². The van der Waals surface area contributed by atoms with E-state index in [1.54, 1.807) is 18.2 Å². The van der Waals surface area contributed by atoms with Crippen molar-refractivity contribution in [3.8, 4) is 11.1 Å². The highest BCUT2D eigenvalue weighted by Crippen LogP contribution is 2.35. The van der Waals surface area contributed by atoms with Crippen LogP contribution in [0, 0.1) is 5.92 Å². The van der Waals surface area contributed by atoms with Crippen molar-refractivity contribution in [2.75, 3.05) is 30.8 Å². The molecule has 2 aliphatic heterocycles. The highest BCUT2D eigenvalue weighted by atomic mass is 16.5. The average molecular weight is 546 g/mol. The van der Waals surface area contributed by atoms with Crippen LogP contribution in [0.5, 0.6) is 0 Å². The van der Waals surface area contributed by atoms with E-state index in [0.717, 1.165) is 49.2 Å². The third-order valence-corrected chi connectivity index (χ3v) is 7.96. The van der Waals surface area contributed by atoms with Crippen molar-refractivity contribution in [3.05, 3.63) is 113 Å². The first-order valence-electron chi connectivity index (χ1n) is 13.9. The Morgan fingerprint density at radius 3 is 2.20 bits per heavy atom. The van der Waals surface area contributed by atoms with Crippen LogP contribution in [0.3, 0.4) is 0 Å². The topological polar surface area (TPSA) is 87.7 Å². The Morgan fingerprint density at radius 1 is 0.780 bits per heavy atom. The van der Waals surface area contributed by atoms with Crippen molar-refractivity contribution in [1.82, 2.24) is 4.90 Å². The van der Waals surface area contributed by atoms with Gasteiger partial charge in [-0.1, -0.05) is 48.5 Å². The van der Waals surface area contributed by atoms with E-state index in [2.05, 4.69) is 34.9 Å². The van der Waals surface area contributed by atoms with Gasteiger partial charge in [-0.05, 0) is 84.3 Å². The second-order valence-electron chi connectivity index (χ2n) is 10.6. The number of rotatable bonds is 5. The molecule has 0 aromatic heterocycles. The molecule has 6 rings (SSSR count). The molecule has 41 heavy (non-hydrogen) atoms. The highest BCUT2D eigenvalue weighted by Gasteiger charge is 2.26. The molecule has 2 heterocycles. The lowest BCUT2D eigenvalue weighted by molar-refractivity contribution is 0.0600. The first-order chi connectivity index (χ1) is 20.0. The molecule has 2 aliphatic rings. The van der Waals surface area contributed by atoms with Crippen LogP contribution in [-0.4, -0.2) is 42.9 Å². The molecule has 7 nitrogen and oxygen atoms in total. The van der Waals surface area contributed by atoms with E-state index in [-0.39, 0.29) is 11.8 Å². The number of ether oxygens (including phenoxy) is 1. The van der Waals surface area contributed by atoms with Crippen molar-refractivity contribution >= 4 is 34.8 Å². The molecule has 1 fully saturated rings. The fourth-order valence-corrected chi connectivity index (χ4v) is 5.63. The Morgan fingerprint density at radius 2 is 1.46 bits per heavy atom. The van der Waals surface area contributed by atoms with Gasteiger partial charge in [-0.2, -0.15) is 0 Å². The fourth-order valence-electron chi connectivity index (χ4n) is 5.63. The molecular formula is C34H31N3O4. The van der Waals surface area contributed by atoms with Gasteiger partial charge in [0.15, 0.2) is 0 Å². The number of piperidine rings is 1. The molecule has 0 spiro atoms. The van der Waals surface area contributed by atoms with Crippen LogP contribution in [0.15, 0.2) is 91.0 Å². The molecule has 0 bridgehead atoms. The van der Waals surface area contributed by atoms with Gasteiger partial charge in [0.2, 0.25) is 0 Å². The number of anilines is 3. The molecule has 0 saturated carbocycles. The van der Waals surface area contributed by atoms with Gasteiger partial charge in [0.1, 0.15) is 0 Å². The van der Waals surface area contributed by atoms with Crippen molar-refractivity contribution in [2.45, 2.75) is 19.3 Å². The van der Waals surface area contributed by atoms with E-state index in [1.807, 2.05) is 53.4 Å². The Labute approximate surface area is 239 Å². The molecule has 1 saturated heterocycles. The maximum Gasteiger partial charge on any atom is 0.337 e. The zero-order valence-corrected chi connectivity index (χ0v) is 22.9. The predicted molar refractivity (Wildman–Crippen MR) is 160 cm³/mol. The molecular weight excluding hydrogens is 514 g/mol. The van der Waals surface area contributed by atoms with Gasteiger partial charge < -0.3 is 20.3 Å². The van der Waals surface area contributed by atoms with Crippen LogP contribution in [0.2, 0.25) is 0 Å². The lowest BCUT2D eigenvalue weighted by atomic mass is 9.90. The number of hydrogen-bond donors (Lipinski definition) is 2. The van der Waals surface area contributed by atoms with E-state index >= 15 is 0 Å². The molecule has 0 atom stereocenters. The van der Waals surface area contributed by atoms with E-state index in [9.17, 15) is 14.4 Å². The SMILES string of the molecule is COC(=O)c1ccc(-c2ccc3c(c2)C(=O)Nc2cc(C(=O)N4CCC(Cc5ccccc5)CC4)ccc2N3)cc1. The van der Waals surface area contributed by atoms with Gasteiger partial charge in [0.25, 0.3) is 11.8 Å². The molecule has 4 aromatic rings. The van der Waals surface area contributed by atoms with Crippen LogP contribution in [0.25, 0.3) is 11.1 Å². The molecule has 0 unspecified atom stereocenters. The number of nitrogens with zero attached hydrogens (tertiary/aromatic N) is 1. The van der Waals surface area contributed by atoms with Crippen molar-refractivity contribution in [2.24, 2.45) is 5.92 Å². The third kappa shape index (κ3) is 5.57. The Hall–Kier alpha value is -4.91. The maximum absolute atomic E-state index is 13.4. The number of amides is 2. The number of methoxy groups -OCH3 is 1. The standard InChI is InChI=1S/C34H31N3O4/c1-41-34(40)25-9-7-24(8-10-25)26-11-13-29-28(20-26)32(38)36-31-21-27(12-14-30(31)35-29)33(39)37-17-15-23(16-18-37)19-22-5-3-2-4-6-22/h2-14,20-21,23,35H,15-19H2,1H3,(H,36,38). The summed E-state index contributed by atoms with van der Waals surface area (Å²) in [7, 11) is 1.35. The molecule has 4 aromatic carbocycles. The molecule has 2 N–H and O–H groups in total. The largest absolute Gasteiger partial charge is 0.465 e. The zero-order valence-electron chi connectivity index (χ0n) is 22.9. The van der Waals surface area contributed by atoms with Gasteiger partial charge in [0.05, 0.1) is 35.3 Å². The van der Waals surface area contributed by atoms with Gasteiger partial charge in [-0.15, -0.1) is 0 Å². The monoisotopic (exact) mass is 545 g/mol. The minimum absolute atomic E-state index is 0.0142. The first-order valence-corrected chi connectivity index (χ1v) is 13.9. The van der Waals surface area contributed by atoms with Gasteiger partial charge in [-0.25, -0.2) is 4.79 Å². The summed E-state index contributed by atoms with van der Waals surface area (Å²) in [6.45, 7) is 1.46. The summed E-state index contributed by atoms with van der Waals surface area (Å²) < 4.78 is 4.77. The fraction of sp³-hybridized carbons (Fsp3) is 0.206. The van der Waals surface area contributed by atoms with Crippen LogP contribution in [-0.2, 0) is 11.2 Å². The highest BCUT2D eigenvalue weighted by molar-refractivity contribution is 6.13. The molecule has 2 amide bonds. The number of nitrogens with one attached hydrogen (secondary N) is 2. The normalized spacial score (nSPS) is 14.7. The Kier molecular flexibility index (Phi) is 7.25. The van der Waals surface area contributed by atoms with E-state index in [0.29, 0.717) is 34.0 Å². The summed E-state index contributed by atoms with van der Waals surface area (Å²) in [6, 6.07) is 28.6. The molecule has 7 heteroatoms. The number of carbonyl (C=O) groups excluding carboxylic acids is 3. The first kappa shape index (κ1) is 26.3. The summed E-state index contributed by atoms with van der Waals surface area (Å²) in [4.78, 5) is 40.4. The quantitative estimate of drug-likeness (QED) is 0.278. The Balaban J connectivity index is 1.15. The second-order valence-corrected chi connectivity index (χ2v) is 10.6. The predicted octanol–water partition coefficient (Wildman–Crippen LogP) is 6.54. The van der Waals surface area contributed by atoms with Crippen LogP contribution >= 0.6 is 0 Å².